The van der Waals surface area contributed by atoms with Gasteiger partial charge in [-0.2, -0.15) is 0 Å². The van der Waals surface area contributed by atoms with E-state index in [-0.39, 0.29) is 0 Å². The number of hydrogen-bond donors (Lipinski definition) is 0. The van der Waals surface area contributed by atoms with Crippen molar-refractivity contribution in [3.63, 3.8) is 0 Å². The van der Waals surface area contributed by atoms with E-state index in [0.29, 0.717) is 5.69 Å². The Morgan fingerprint density at radius 1 is 0.926 bits per heavy atom. The summed E-state index contributed by atoms with van der Waals surface area (Å²) in [5, 5.41) is 3.03. The summed E-state index contributed by atoms with van der Waals surface area (Å²) in [5.74, 6) is 0. The molecule has 0 aliphatic carbocycles. The molecule has 3 aromatic carbocycles. The van der Waals surface area contributed by atoms with Gasteiger partial charge in [-0.3, -0.25) is 0 Å². The molecule has 0 fully saturated rings. The van der Waals surface area contributed by atoms with Crippen molar-refractivity contribution in [2.75, 3.05) is 11.9 Å². The molecule has 4 nitrogen and oxygen atoms in total. The first-order valence-corrected chi connectivity index (χ1v) is 11.3. The summed E-state index contributed by atoms with van der Waals surface area (Å²) in [6.45, 7) is 0. The molecule has 0 bridgehead atoms. The third kappa shape index (κ3) is 3.85. The van der Waals surface area contributed by atoms with Gasteiger partial charge in [0.05, 0.1) is 0 Å². The van der Waals surface area contributed by atoms with Crippen LogP contribution in [0.4, 0.5) is 17.1 Å². The van der Waals surface area contributed by atoms with Crippen LogP contribution in [-0.4, -0.2) is 34.2 Å². The van der Waals surface area contributed by atoms with Gasteiger partial charge < -0.3 is 0 Å². The second-order valence-corrected chi connectivity index (χ2v) is 9.07. The zero-order valence-electron chi connectivity index (χ0n) is 14.8. The number of rotatable bonds is 5. The van der Waals surface area contributed by atoms with Crippen LogP contribution in [0.2, 0.25) is 0 Å². The third-order valence-electron chi connectivity index (χ3n) is 4.52. The molecule has 1 heterocycles. The Bertz CT molecular complexity index is 1040. The van der Waals surface area contributed by atoms with E-state index >= 15 is 0 Å². The number of fused-ring (bicyclic) bond motifs is 1. The molecule has 0 spiro atoms. The van der Waals surface area contributed by atoms with Crippen LogP contribution in [0, 0.1) is 4.91 Å². The topological polar surface area (TPSA) is 45.0 Å². The second-order valence-electron chi connectivity index (χ2n) is 6.25. The molecule has 2 radical (unpaired) electrons. The summed E-state index contributed by atoms with van der Waals surface area (Å²) < 4.78 is 6.22. The normalized spacial score (nSPS) is 12.7. The van der Waals surface area contributed by atoms with Crippen molar-refractivity contribution in [1.29, 1.82) is 0 Å². The Morgan fingerprint density at radius 2 is 1.74 bits per heavy atom. The number of hydrogen-bond acceptors (Lipinski definition) is 4. The van der Waals surface area contributed by atoms with Crippen LogP contribution in [0.3, 0.4) is 0 Å². The number of benzene rings is 3. The third-order valence-corrected chi connectivity index (χ3v) is 7.39. The molecule has 0 N–H and O–H groups in total. The standard InChI is InChI=1S/C22H17N3O.Sn/c1-25(21-9-5-8-19(16-21)24-26)20-13-11-18(12-14-20)22(23)15-10-17-6-3-2-4-7-17;/h2-11,13-16H,1H3;/q-1;+1/b15-10+;. The van der Waals surface area contributed by atoms with Gasteiger partial charge in [-0.15, -0.1) is 0 Å². The van der Waals surface area contributed by atoms with Crippen molar-refractivity contribution < 1.29 is 0 Å². The Balaban J connectivity index is 1.57. The molecule has 5 heteroatoms. The molecule has 27 heavy (non-hydrogen) atoms. The summed E-state index contributed by atoms with van der Waals surface area (Å²) in [6, 6.07) is 24.1. The zero-order valence-corrected chi connectivity index (χ0v) is 17.7. The van der Waals surface area contributed by atoms with E-state index in [2.05, 4.69) is 52.6 Å². The van der Waals surface area contributed by atoms with Gasteiger partial charge in [0.2, 0.25) is 0 Å². The molecule has 4 rings (SSSR count). The summed E-state index contributed by atoms with van der Waals surface area (Å²) >= 11 is -0.960. The van der Waals surface area contributed by atoms with Gasteiger partial charge in [0, 0.05) is 0 Å². The van der Waals surface area contributed by atoms with Gasteiger partial charge in [-0.25, -0.2) is 0 Å². The molecule has 0 saturated carbocycles. The predicted molar refractivity (Wildman–Crippen MR) is 114 cm³/mol. The molecule has 130 valence electrons. The van der Waals surface area contributed by atoms with E-state index in [4.69, 9.17) is 3.21 Å². The van der Waals surface area contributed by atoms with E-state index in [1.165, 1.54) is 14.7 Å². The van der Waals surface area contributed by atoms with Crippen LogP contribution in [0.25, 0.3) is 6.08 Å². The Morgan fingerprint density at radius 3 is 2.56 bits per heavy atom. The van der Waals surface area contributed by atoms with Crippen molar-refractivity contribution in [1.82, 2.24) is 0 Å². The van der Waals surface area contributed by atoms with E-state index in [0.717, 1.165) is 17.1 Å². The Kier molecular flexibility index (Phi) is 5.16. The van der Waals surface area contributed by atoms with Crippen molar-refractivity contribution in [2.24, 2.45) is 8.39 Å². The maximum absolute atomic E-state index is 10.8. The summed E-state index contributed by atoms with van der Waals surface area (Å²) in [6.07, 6.45) is 4.23. The first-order chi connectivity index (χ1) is 13.2. The molecule has 0 unspecified atom stereocenters. The Labute approximate surface area is 168 Å². The number of nitroso groups, excluding NO2 is 1. The maximum atomic E-state index is 10.8. The summed E-state index contributed by atoms with van der Waals surface area (Å²) in [4.78, 5) is 12.9. The number of nitrogens with zero attached hydrogens (tertiary/aromatic N) is 3. The molecular formula is C22H17N3OSn. The molecule has 0 saturated heterocycles. The van der Waals surface area contributed by atoms with Crippen LogP contribution >= 0.6 is 0 Å². The molecule has 1 aliphatic heterocycles. The van der Waals surface area contributed by atoms with Crippen molar-refractivity contribution >= 4 is 53.8 Å². The average molecular weight is 458 g/mol. The first-order valence-electron chi connectivity index (χ1n) is 8.63. The van der Waals surface area contributed by atoms with Gasteiger partial charge in [0.25, 0.3) is 0 Å². The molecule has 3 aromatic rings. The van der Waals surface area contributed by atoms with Crippen LogP contribution in [0.5, 0.6) is 0 Å². The van der Waals surface area contributed by atoms with Gasteiger partial charge in [-0.1, -0.05) is 0 Å². The van der Waals surface area contributed by atoms with Crippen molar-refractivity contribution in [2.45, 2.75) is 0 Å². The Hall–Kier alpha value is -2.73. The number of anilines is 2. The van der Waals surface area contributed by atoms with Crippen LogP contribution in [0.15, 0.2) is 87.3 Å². The van der Waals surface area contributed by atoms with E-state index in [1.807, 2.05) is 37.4 Å². The van der Waals surface area contributed by atoms with Crippen LogP contribution in [-0.2, 0) is 0 Å². The van der Waals surface area contributed by atoms with E-state index in [9.17, 15) is 4.91 Å². The van der Waals surface area contributed by atoms with E-state index in [1.54, 1.807) is 12.1 Å². The monoisotopic (exact) mass is 459 g/mol. The van der Waals surface area contributed by atoms with Gasteiger partial charge in [0.1, 0.15) is 0 Å². The molecular weight excluding hydrogens is 441 g/mol. The zero-order chi connectivity index (χ0) is 18.6. The van der Waals surface area contributed by atoms with Gasteiger partial charge >= 0.3 is 169 Å². The second kappa shape index (κ2) is 7.88. The van der Waals surface area contributed by atoms with Crippen LogP contribution < -0.4 is 8.48 Å². The number of allylic oxidation sites excluding steroid dienone is 1. The fourth-order valence-corrected chi connectivity index (χ4v) is 5.81. The molecule has 0 amide bonds. The molecule has 0 aromatic heterocycles. The fourth-order valence-electron chi connectivity index (χ4n) is 3.01. The minimum absolute atomic E-state index is 0.439. The first kappa shape index (κ1) is 17.7. The summed E-state index contributed by atoms with van der Waals surface area (Å²) in [5.41, 5.74) is 5.99. The van der Waals surface area contributed by atoms with Gasteiger partial charge in [0.15, 0.2) is 0 Å². The SMILES string of the molecule is CN(c1cccc(N=O)c1)c1ccc2[c](c1)[Sn][N]=C2/C=C/c1ccccc1. The molecule has 0 atom stereocenters. The minimum atomic E-state index is -0.960. The summed E-state index contributed by atoms with van der Waals surface area (Å²) in [7, 11) is 2.00. The van der Waals surface area contributed by atoms with Crippen molar-refractivity contribution in [3.05, 3.63) is 94.9 Å². The average Bonchev–Trinajstić information content (AvgIpc) is 3.14. The van der Waals surface area contributed by atoms with Crippen molar-refractivity contribution in [3.8, 4) is 0 Å². The fraction of sp³-hybridized carbons (Fsp3) is 0.0455. The quantitative estimate of drug-likeness (QED) is 0.414. The van der Waals surface area contributed by atoms with E-state index < -0.39 is 21.4 Å². The molecule has 1 aliphatic rings. The predicted octanol–water partition coefficient (Wildman–Crippen LogP) is 4.61. The van der Waals surface area contributed by atoms with Crippen LogP contribution in [0.1, 0.15) is 11.1 Å². The van der Waals surface area contributed by atoms with Gasteiger partial charge in [-0.05, 0) is 0 Å².